The van der Waals surface area contributed by atoms with E-state index < -0.39 is 12.0 Å². The first-order chi connectivity index (χ1) is 18.0. The molecule has 2 aromatic carbocycles. The van der Waals surface area contributed by atoms with E-state index in [9.17, 15) is 9.59 Å². The number of nitrogens with zero attached hydrogens (tertiary/aromatic N) is 2. The minimum Gasteiger partial charge on any atom is -0.494 e. The largest absolute Gasteiger partial charge is 0.494 e. The molecule has 4 aromatic rings. The standard InChI is InChI=1S/C29H26N2O4S2/c1-3-15-34-22-13-11-20(12-14-22)17-24-27(32)31-26(23-10-7-16-36-23)25(19(2)30-29(31)37-24)28(33)35-18-21-8-5-4-6-9-21/h4-14,16-17,26H,3,15,18H2,1-2H3/b24-17+. The Balaban J connectivity index is 1.51. The van der Waals surface area contributed by atoms with Gasteiger partial charge in [-0.25, -0.2) is 9.79 Å². The van der Waals surface area contributed by atoms with Gasteiger partial charge in [0, 0.05) is 4.88 Å². The summed E-state index contributed by atoms with van der Waals surface area (Å²) in [5.41, 5.74) is 2.54. The molecule has 0 spiro atoms. The van der Waals surface area contributed by atoms with Crippen molar-refractivity contribution in [2.45, 2.75) is 32.9 Å². The topological polar surface area (TPSA) is 69.9 Å². The molecule has 0 amide bonds. The highest BCUT2D eigenvalue weighted by Crippen LogP contribution is 2.33. The summed E-state index contributed by atoms with van der Waals surface area (Å²) in [5.74, 6) is 0.327. The second-order valence-electron chi connectivity index (χ2n) is 8.58. The van der Waals surface area contributed by atoms with E-state index >= 15 is 0 Å². The molecule has 5 rings (SSSR count). The lowest BCUT2D eigenvalue weighted by Gasteiger charge is -2.23. The number of carbonyl (C=O) groups is 1. The third kappa shape index (κ3) is 5.35. The van der Waals surface area contributed by atoms with Crippen LogP contribution in [0.1, 0.15) is 42.3 Å². The maximum atomic E-state index is 13.7. The molecule has 0 radical (unpaired) electrons. The molecule has 1 atom stereocenters. The first-order valence-electron chi connectivity index (χ1n) is 12.0. The van der Waals surface area contributed by atoms with Gasteiger partial charge in [0.05, 0.1) is 22.4 Å². The van der Waals surface area contributed by atoms with Crippen LogP contribution in [0.15, 0.2) is 93.2 Å². The number of esters is 1. The Morgan fingerprint density at radius 1 is 1.08 bits per heavy atom. The zero-order valence-corrected chi connectivity index (χ0v) is 22.2. The molecule has 8 heteroatoms. The van der Waals surface area contributed by atoms with Crippen LogP contribution >= 0.6 is 22.7 Å². The van der Waals surface area contributed by atoms with Crippen molar-refractivity contribution in [3.8, 4) is 5.75 Å². The molecule has 1 aliphatic rings. The maximum Gasteiger partial charge on any atom is 0.338 e. The fraction of sp³-hybridized carbons (Fsp3) is 0.207. The second kappa shape index (κ2) is 11.1. The number of benzene rings is 2. The second-order valence-corrected chi connectivity index (χ2v) is 10.6. The van der Waals surface area contributed by atoms with Crippen molar-refractivity contribution in [2.24, 2.45) is 4.99 Å². The molecular weight excluding hydrogens is 504 g/mol. The lowest BCUT2D eigenvalue weighted by Crippen LogP contribution is -2.39. The number of aromatic nitrogens is 1. The normalized spacial score (nSPS) is 15.3. The van der Waals surface area contributed by atoms with Crippen LogP contribution in [0.25, 0.3) is 6.08 Å². The Morgan fingerprint density at radius 2 is 1.86 bits per heavy atom. The van der Waals surface area contributed by atoms with Crippen molar-refractivity contribution in [3.05, 3.63) is 119 Å². The zero-order chi connectivity index (χ0) is 25.8. The highest BCUT2D eigenvalue weighted by atomic mass is 32.1. The van der Waals surface area contributed by atoms with Gasteiger partial charge in [0.15, 0.2) is 4.80 Å². The summed E-state index contributed by atoms with van der Waals surface area (Å²) in [6.07, 6.45) is 2.79. The fourth-order valence-corrected chi connectivity index (χ4v) is 6.00. The SMILES string of the molecule is CCCOc1ccc(/C=c2/sc3n(c2=O)C(c2cccs2)C(C(=O)OCc2ccccc2)=C(C)N=3)cc1. The Bertz CT molecular complexity index is 1600. The molecule has 0 saturated carbocycles. The smallest absolute Gasteiger partial charge is 0.338 e. The Labute approximate surface area is 222 Å². The number of hydrogen-bond donors (Lipinski definition) is 0. The van der Waals surface area contributed by atoms with Gasteiger partial charge in [0.25, 0.3) is 5.56 Å². The van der Waals surface area contributed by atoms with Crippen molar-refractivity contribution < 1.29 is 14.3 Å². The van der Waals surface area contributed by atoms with E-state index in [1.54, 1.807) is 11.5 Å². The first kappa shape index (κ1) is 24.9. The van der Waals surface area contributed by atoms with Crippen LogP contribution in [-0.2, 0) is 16.1 Å². The van der Waals surface area contributed by atoms with E-state index in [4.69, 9.17) is 9.47 Å². The fourth-order valence-electron chi connectivity index (χ4n) is 4.13. The number of thiophene rings is 1. The van der Waals surface area contributed by atoms with Crippen LogP contribution in [-0.4, -0.2) is 17.1 Å². The van der Waals surface area contributed by atoms with Gasteiger partial charge in [-0.1, -0.05) is 66.8 Å². The number of rotatable bonds is 8. The van der Waals surface area contributed by atoms with Crippen molar-refractivity contribution in [1.29, 1.82) is 0 Å². The molecule has 3 heterocycles. The van der Waals surface area contributed by atoms with Gasteiger partial charge >= 0.3 is 5.97 Å². The molecule has 6 nitrogen and oxygen atoms in total. The van der Waals surface area contributed by atoms with Gasteiger partial charge < -0.3 is 9.47 Å². The summed E-state index contributed by atoms with van der Waals surface area (Å²) in [7, 11) is 0. The van der Waals surface area contributed by atoms with Crippen LogP contribution in [0.3, 0.4) is 0 Å². The number of ether oxygens (including phenoxy) is 2. The van der Waals surface area contributed by atoms with Crippen molar-refractivity contribution in [2.75, 3.05) is 6.61 Å². The average Bonchev–Trinajstić information content (AvgIpc) is 3.55. The lowest BCUT2D eigenvalue weighted by molar-refractivity contribution is -0.140. The molecular formula is C29H26N2O4S2. The number of thiazole rings is 1. The van der Waals surface area contributed by atoms with Gasteiger partial charge in [0.2, 0.25) is 0 Å². The summed E-state index contributed by atoms with van der Waals surface area (Å²) < 4.78 is 13.5. The van der Waals surface area contributed by atoms with Gasteiger partial charge in [-0.3, -0.25) is 9.36 Å². The summed E-state index contributed by atoms with van der Waals surface area (Å²) in [5, 5.41) is 1.94. The van der Waals surface area contributed by atoms with E-state index in [-0.39, 0.29) is 12.2 Å². The van der Waals surface area contributed by atoms with Crippen LogP contribution in [0.5, 0.6) is 5.75 Å². The van der Waals surface area contributed by atoms with Crippen molar-refractivity contribution in [3.63, 3.8) is 0 Å². The quantitative estimate of drug-likeness (QED) is 0.306. The number of carbonyl (C=O) groups excluding carboxylic acids is 1. The summed E-state index contributed by atoms with van der Waals surface area (Å²) in [4.78, 5) is 33.1. The molecule has 0 fully saturated rings. The highest BCUT2D eigenvalue weighted by molar-refractivity contribution is 7.10. The third-order valence-electron chi connectivity index (χ3n) is 5.92. The van der Waals surface area contributed by atoms with Crippen LogP contribution in [0.4, 0.5) is 0 Å². The molecule has 0 saturated heterocycles. The molecule has 0 aliphatic carbocycles. The van der Waals surface area contributed by atoms with Crippen LogP contribution < -0.4 is 19.6 Å². The molecule has 0 N–H and O–H groups in total. The maximum absolute atomic E-state index is 13.7. The number of allylic oxidation sites excluding steroid dienone is 1. The predicted molar refractivity (Wildman–Crippen MR) is 147 cm³/mol. The van der Waals surface area contributed by atoms with E-state index in [1.807, 2.05) is 78.2 Å². The molecule has 1 aliphatic heterocycles. The van der Waals surface area contributed by atoms with Gasteiger partial charge in [-0.15, -0.1) is 11.3 Å². The molecule has 37 heavy (non-hydrogen) atoms. The Morgan fingerprint density at radius 3 is 2.57 bits per heavy atom. The monoisotopic (exact) mass is 530 g/mol. The molecule has 2 aromatic heterocycles. The van der Waals surface area contributed by atoms with E-state index in [0.717, 1.165) is 28.2 Å². The highest BCUT2D eigenvalue weighted by Gasteiger charge is 2.34. The van der Waals surface area contributed by atoms with Crippen LogP contribution in [0, 0.1) is 0 Å². The third-order valence-corrected chi connectivity index (χ3v) is 7.83. The molecule has 0 bridgehead atoms. The predicted octanol–water partition coefficient (Wildman–Crippen LogP) is 4.83. The summed E-state index contributed by atoms with van der Waals surface area (Å²) in [6, 6.07) is 20.4. The van der Waals surface area contributed by atoms with E-state index in [1.165, 1.54) is 22.7 Å². The Kier molecular flexibility index (Phi) is 7.48. The van der Waals surface area contributed by atoms with Crippen molar-refractivity contribution >= 4 is 34.7 Å². The molecule has 188 valence electrons. The van der Waals surface area contributed by atoms with Gasteiger partial charge in [0.1, 0.15) is 18.4 Å². The Hall–Kier alpha value is -3.75. The minimum atomic E-state index is -0.591. The summed E-state index contributed by atoms with van der Waals surface area (Å²) >= 11 is 2.82. The van der Waals surface area contributed by atoms with E-state index in [2.05, 4.69) is 11.9 Å². The van der Waals surface area contributed by atoms with E-state index in [0.29, 0.717) is 27.2 Å². The van der Waals surface area contributed by atoms with Gasteiger partial charge in [-0.2, -0.15) is 0 Å². The lowest BCUT2D eigenvalue weighted by atomic mass is 10.0. The molecule has 1 unspecified atom stereocenters. The van der Waals surface area contributed by atoms with Gasteiger partial charge in [-0.05, 0) is 54.1 Å². The first-order valence-corrected chi connectivity index (χ1v) is 13.7. The van der Waals surface area contributed by atoms with Crippen LogP contribution in [0.2, 0.25) is 0 Å². The zero-order valence-electron chi connectivity index (χ0n) is 20.5. The number of hydrogen-bond acceptors (Lipinski definition) is 7. The number of fused-ring (bicyclic) bond motifs is 1. The average molecular weight is 531 g/mol. The summed E-state index contributed by atoms with van der Waals surface area (Å²) in [6.45, 7) is 4.67. The van der Waals surface area contributed by atoms with Crippen molar-refractivity contribution in [1.82, 2.24) is 4.57 Å². The minimum absolute atomic E-state index is 0.149.